The number of aromatic nitrogens is 3. The summed E-state index contributed by atoms with van der Waals surface area (Å²) in [5, 5.41) is 65.4. The maximum atomic E-state index is 11.2. The quantitative estimate of drug-likeness (QED) is 0.0580. The van der Waals surface area contributed by atoms with Crippen molar-refractivity contribution in [3.8, 4) is 34.5 Å². The molecule has 3 aromatic carbocycles. The predicted molar refractivity (Wildman–Crippen MR) is 157 cm³/mol. The molecule has 42 heavy (non-hydrogen) atoms. The zero-order chi connectivity index (χ0) is 29.8. The fourth-order valence-electron chi connectivity index (χ4n) is 5.39. The highest BCUT2D eigenvalue weighted by molar-refractivity contribution is 6.41. The number of nitrogens with zero attached hydrogens (tertiary/aromatic N) is 3. The lowest BCUT2D eigenvalue weighted by Crippen LogP contribution is -2.09. The number of nitrogen functional groups attached to an aromatic ring is 2. The van der Waals surface area contributed by atoms with E-state index in [1.165, 1.54) is 15.0 Å². The molecule has 10 N–H and O–H groups in total. The highest BCUT2D eigenvalue weighted by Crippen LogP contribution is 2.45. The Morgan fingerprint density at radius 1 is 0.595 bits per heavy atom. The molecule has 0 aliphatic heterocycles. The highest BCUT2D eigenvalue weighted by atomic mass is 17.0. The second kappa shape index (κ2) is 8.27. The van der Waals surface area contributed by atoms with E-state index in [1.54, 1.807) is 36.4 Å². The first-order valence-electron chi connectivity index (χ1n) is 12.2. The van der Waals surface area contributed by atoms with Crippen molar-refractivity contribution in [1.29, 1.82) is 0 Å². The van der Waals surface area contributed by atoms with Gasteiger partial charge in [0.2, 0.25) is 22.7 Å². The fourth-order valence-corrected chi connectivity index (χ4v) is 5.39. The molecule has 0 aliphatic carbocycles. The summed E-state index contributed by atoms with van der Waals surface area (Å²) in [7, 11) is 12.2. The molecule has 0 spiro atoms. The molecule has 4 heterocycles. The minimum absolute atomic E-state index is 0.0383. The lowest BCUT2D eigenvalue weighted by Gasteiger charge is -2.13. The molecular weight excluding hydrogens is 544 g/mol. The molecule has 0 aliphatic rings. The van der Waals surface area contributed by atoms with Crippen molar-refractivity contribution in [2.24, 2.45) is 0 Å². The molecule has 13 nitrogen and oxygen atoms in total. The van der Waals surface area contributed by atoms with Crippen LogP contribution >= 0.6 is 0 Å². The average Bonchev–Trinajstić information content (AvgIpc) is 3.44. The van der Waals surface area contributed by atoms with Crippen molar-refractivity contribution in [3.05, 3.63) is 42.6 Å². The molecule has 0 atom stereocenters. The topological polar surface area (TPSA) is 221 Å². The van der Waals surface area contributed by atoms with E-state index in [0.29, 0.717) is 10.9 Å². The molecule has 204 valence electrons. The second-order valence-electron chi connectivity index (χ2n) is 9.52. The Bertz CT molecular complexity index is 2270. The number of para-hydroxylation sites is 1. The SMILES string of the molecule is [B]c1c(O)c(O)c2c(ooc3c(O)c(O)c(O)c([B])c3n3c4ccccc4c(N)c3c3c(N)c4ncccc4n23)c1O. The van der Waals surface area contributed by atoms with Crippen molar-refractivity contribution >= 4 is 93.2 Å². The van der Waals surface area contributed by atoms with E-state index in [4.69, 9.17) is 36.3 Å². The third kappa shape index (κ3) is 2.90. The zero-order valence-corrected chi connectivity index (χ0v) is 21.2. The number of benzene rings is 3. The van der Waals surface area contributed by atoms with Crippen LogP contribution < -0.4 is 22.4 Å². The lowest BCUT2D eigenvalue weighted by molar-refractivity contribution is 0.0867. The van der Waals surface area contributed by atoms with Gasteiger partial charge in [-0.3, -0.25) is 18.5 Å². The van der Waals surface area contributed by atoms with Crippen molar-refractivity contribution in [3.63, 3.8) is 0 Å². The van der Waals surface area contributed by atoms with E-state index in [2.05, 4.69) is 4.98 Å². The van der Waals surface area contributed by atoms with Crippen LogP contribution in [0.5, 0.6) is 34.5 Å². The average molecular weight is 561 g/mol. The molecule has 0 fully saturated rings. The number of phenolic OH excluding ortho intramolecular Hbond substituents is 6. The summed E-state index contributed by atoms with van der Waals surface area (Å²) in [6.45, 7) is 0. The number of fused-ring (bicyclic) bond motifs is 11. The molecule has 7 rings (SSSR count). The maximum absolute atomic E-state index is 11.2. The minimum Gasteiger partial charge on any atom is -0.505 e. The molecule has 0 unspecified atom stereocenters. The summed E-state index contributed by atoms with van der Waals surface area (Å²) in [5.41, 5.74) is 11.7. The second-order valence-corrected chi connectivity index (χ2v) is 9.52. The minimum atomic E-state index is -1.03. The van der Waals surface area contributed by atoms with Gasteiger partial charge in [-0.1, -0.05) is 18.2 Å². The zero-order valence-electron chi connectivity index (χ0n) is 21.2. The Morgan fingerprint density at radius 3 is 1.93 bits per heavy atom. The maximum Gasteiger partial charge on any atom is 0.247 e. The molecule has 0 saturated carbocycles. The van der Waals surface area contributed by atoms with Gasteiger partial charge in [0.1, 0.15) is 26.7 Å². The van der Waals surface area contributed by atoms with Gasteiger partial charge in [-0.2, -0.15) is 0 Å². The summed E-state index contributed by atoms with van der Waals surface area (Å²) in [6.07, 6.45) is 1.48. The highest BCUT2D eigenvalue weighted by Gasteiger charge is 2.27. The largest absolute Gasteiger partial charge is 0.505 e. The molecule has 0 saturated heterocycles. The molecule has 15 heteroatoms. The molecule has 4 aromatic heterocycles. The first-order chi connectivity index (χ1) is 20.1. The van der Waals surface area contributed by atoms with E-state index in [0.717, 1.165) is 0 Å². The third-order valence-corrected chi connectivity index (χ3v) is 7.33. The number of hydrogen-bond donors (Lipinski definition) is 8. The Labute approximate surface area is 235 Å². The molecule has 7 aromatic rings. The third-order valence-electron chi connectivity index (χ3n) is 7.33. The van der Waals surface area contributed by atoms with Crippen LogP contribution in [0.25, 0.3) is 55.2 Å². The number of hydrogen-bond acceptors (Lipinski definition) is 11. The van der Waals surface area contributed by atoms with Crippen LogP contribution in [0.15, 0.2) is 51.7 Å². The number of rotatable bonds is 0. The van der Waals surface area contributed by atoms with Gasteiger partial charge < -0.3 is 46.5 Å². The van der Waals surface area contributed by atoms with Crippen LogP contribution in [0.4, 0.5) is 11.4 Å². The van der Waals surface area contributed by atoms with Crippen LogP contribution in [0, 0.1) is 0 Å². The van der Waals surface area contributed by atoms with Gasteiger partial charge in [0.05, 0.1) is 39.0 Å². The van der Waals surface area contributed by atoms with E-state index < -0.39 is 56.6 Å². The van der Waals surface area contributed by atoms with Crippen molar-refractivity contribution < 1.29 is 39.8 Å². The van der Waals surface area contributed by atoms with Gasteiger partial charge in [-0.25, -0.2) is 0 Å². The van der Waals surface area contributed by atoms with Gasteiger partial charge in [0, 0.05) is 11.6 Å². The molecule has 0 bridgehead atoms. The smallest absolute Gasteiger partial charge is 0.247 e. The van der Waals surface area contributed by atoms with Crippen molar-refractivity contribution in [1.82, 2.24) is 13.8 Å². The van der Waals surface area contributed by atoms with Crippen molar-refractivity contribution in [2.75, 3.05) is 11.5 Å². The van der Waals surface area contributed by atoms with Crippen LogP contribution in [-0.4, -0.2) is 60.1 Å². The first kappa shape index (κ1) is 25.0. The summed E-state index contributed by atoms with van der Waals surface area (Å²) in [4.78, 5) is 4.38. The molecular formula is C27H17B2N5O8. The standard InChI is InChI=1S/C27H17B2N5O8/c28-11-16-26(25(40)24(39)20(11)35)41-42-27-19(23(38)21(36)12(29)22(27)37)34-10-6-3-7-32-15(10)14(31)18(34)17-13(30)8-4-1-2-5-9(8)33(16)17/h1-7,35-40H,30-31H2. The Balaban J connectivity index is 2.07. The molecule has 4 radical (unpaired) electrons. The number of pyridine rings is 1. The monoisotopic (exact) mass is 561 g/mol. The van der Waals surface area contributed by atoms with Crippen LogP contribution in [0.2, 0.25) is 0 Å². The van der Waals surface area contributed by atoms with Gasteiger partial charge in [-0.05, 0) is 29.1 Å². The van der Waals surface area contributed by atoms with Gasteiger partial charge in [0.25, 0.3) is 0 Å². The van der Waals surface area contributed by atoms with E-state index in [-0.39, 0.29) is 44.5 Å². The Kier molecular flexibility index (Phi) is 4.92. The number of nitrogens with two attached hydrogens (primary N) is 2. The molecule has 0 amide bonds. The fraction of sp³-hybridized carbons (Fsp3) is 0. The van der Waals surface area contributed by atoms with Gasteiger partial charge in [0.15, 0.2) is 23.0 Å². The van der Waals surface area contributed by atoms with Gasteiger partial charge >= 0.3 is 0 Å². The number of aromatic hydroxyl groups is 6. The van der Waals surface area contributed by atoms with Crippen LogP contribution in [0.3, 0.4) is 0 Å². The summed E-state index contributed by atoms with van der Waals surface area (Å²) < 4.78 is 13.7. The normalized spacial score (nSPS) is 11.8. The van der Waals surface area contributed by atoms with Crippen molar-refractivity contribution in [2.45, 2.75) is 0 Å². The summed E-state index contributed by atoms with van der Waals surface area (Å²) in [6, 6.07) is 9.97. The predicted octanol–water partition coefficient (Wildman–Crippen LogP) is 2.06. The first-order valence-corrected chi connectivity index (χ1v) is 12.2. The Morgan fingerprint density at radius 2 is 1.19 bits per heavy atom. The van der Waals surface area contributed by atoms with E-state index in [1.807, 2.05) is 0 Å². The summed E-state index contributed by atoms with van der Waals surface area (Å²) >= 11 is 0. The van der Waals surface area contributed by atoms with Gasteiger partial charge in [-0.15, -0.1) is 0 Å². The Hall–Kier alpha value is -5.98. The van der Waals surface area contributed by atoms with Crippen LogP contribution in [0.1, 0.15) is 0 Å². The van der Waals surface area contributed by atoms with E-state index >= 15 is 0 Å². The van der Waals surface area contributed by atoms with Crippen LogP contribution in [-0.2, 0) is 0 Å². The number of phenols is 6. The summed E-state index contributed by atoms with van der Waals surface area (Å²) in [5.74, 6) is -5.49. The number of anilines is 2. The van der Waals surface area contributed by atoms with E-state index in [9.17, 15) is 30.6 Å². The lowest BCUT2D eigenvalue weighted by atomic mass is 9.92.